The van der Waals surface area contributed by atoms with Crippen LogP contribution >= 0.6 is 0 Å². The van der Waals surface area contributed by atoms with E-state index < -0.39 is 16.0 Å². The van der Waals surface area contributed by atoms with Crippen LogP contribution in [0.15, 0.2) is 59.5 Å². The van der Waals surface area contributed by atoms with Gasteiger partial charge in [0.05, 0.1) is 21.7 Å². The van der Waals surface area contributed by atoms with Gasteiger partial charge in [0.1, 0.15) is 0 Å². The number of carbonyl (C=O) groups is 1. The van der Waals surface area contributed by atoms with E-state index in [1.807, 2.05) is 25.1 Å². The lowest BCUT2D eigenvalue weighted by molar-refractivity contribution is 0.0696. The highest BCUT2D eigenvalue weighted by molar-refractivity contribution is 7.92. The SMILES string of the molecule is Cc1ccc2cccc(NS(=O)(=O)c3ccc(C(=O)O)cc3)c2n1. The van der Waals surface area contributed by atoms with Crippen molar-refractivity contribution in [2.45, 2.75) is 11.8 Å². The summed E-state index contributed by atoms with van der Waals surface area (Å²) in [6.45, 7) is 1.83. The van der Waals surface area contributed by atoms with Gasteiger partial charge in [0.2, 0.25) is 0 Å². The third kappa shape index (κ3) is 3.07. The number of nitrogens with one attached hydrogen (secondary N) is 1. The molecule has 7 heteroatoms. The molecule has 0 aliphatic carbocycles. The number of aromatic carboxylic acids is 1. The number of nitrogens with zero attached hydrogens (tertiary/aromatic N) is 1. The molecule has 24 heavy (non-hydrogen) atoms. The Bertz CT molecular complexity index is 1030. The second kappa shape index (κ2) is 5.93. The summed E-state index contributed by atoms with van der Waals surface area (Å²) < 4.78 is 27.6. The summed E-state index contributed by atoms with van der Waals surface area (Å²) in [5.74, 6) is -1.11. The molecule has 0 bridgehead atoms. The first-order valence-corrected chi connectivity index (χ1v) is 8.58. The van der Waals surface area contributed by atoms with Gasteiger partial charge in [-0.15, -0.1) is 0 Å². The number of sulfonamides is 1. The minimum absolute atomic E-state index is 0.0165. The van der Waals surface area contributed by atoms with Gasteiger partial charge in [-0.1, -0.05) is 18.2 Å². The van der Waals surface area contributed by atoms with E-state index in [2.05, 4.69) is 9.71 Å². The number of para-hydroxylation sites is 1. The zero-order valence-electron chi connectivity index (χ0n) is 12.7. The molecule has 0 spiro atoms. The molecule has 1 heterocycles. The molecule has 0 aliphatic rings. The number of rotatable bonds is 4. The summed E-state index contributed by atoms with van der Waals surface area (Å²) in [6, 6.07) is 14.0. The van der Waals surface area contributed by atoms with E-state index in [4.69, 9.17) is 5.11 Å². The minimum atomic E-state index is -3.84. The van der Waals surface area contributed by atoms with Crippen molar-refractivity contribution in [3.63, 3.8) is 0 Å². The van der Waals surface area contributed by atoms with Gasteiger partial charge in [-0.3, -0.25) is 9.71 Å². The molecular formula is C17H14N2O4S. The van der Waals surface area contributed by atoms with Crippen molar-refractivity contribution in [1.29, 1.82) is 0 Å². The lowest BCUT2D eigenvalue weighted by atomic mass is 10.2. The van der Waals surface area contributed by atoms with Crippen LogP contribution in [-0.2, 0) is 10.0 Å². The Hall–Kier alpha value is -2.93. The molecule has 1 aromatic heterocycles. The van der Waals surface area contributed by atoms with Crippen LogP contribution in [0.1, 0.15) is 16.1 Å². The first-order chi connectivity index (χ1) is 11.4. The van der Waals surface area contributed by atoms with E-state index in [1.54, 1.807) is 12.1 Å². The van der Waals surface area contributed by atoms with Crippen LogP contribution in [0, 0.1) is 6.92 Å². The average molecular weight is 342 g/mol. The maximum Gasteiger partial charge on any atom is 0.335 e. The smallest absolute Gasteiger partial charge is 0.335 e. The summed E-state index contributed by atoms with van der Waals surface area (Å²) in [5.41, 5.74) is 1.73. The minimum Gasteiger partial charge on any atom is -0.478 e. The van der Waals surface area contributed by atoms with Gasteiger partial charge < -0.3 is 5.11 Å². The Balaban J connectivity index is 2.00. The summed E-state index contributed by atoms with van der Waals surface area (Å²) in [4.78, 5) is 15.2. The van der Waals surface area contributed by atoms with E-state index >= 15 is 0 Å². The van der Waals surface area contributed by atoms with Crippen molar-refractivity contribution < 1.29 is 18.3 Å². The summed E-state index contributed by atoms with van der Waals surface area (Å²) in [6.07, 6.45) is 0. The number of anilines is 1. The van der Waals surface area contributed by atoms with Crippen molar-refractivity contribution in [1.82, 2.24) is 4.98 Å². The Morgan fingerprint density at radius 2 is 1.75 bits per heavy atom. The number of aromatic nitrogens is 1. The fourth-order valence-corrected chi connectivity index (χ4v) is 3.37. The number of carboxylic acid groups (broad SMARTS) is 1. The van der Waals surface area contributed by atoms with Crippen molar-refractivity contribution >= 4 is 32.6 Å². The maximum absolute atomic E-state index is 12.5. The normalized spacial score (nSPS) is 11.4. The molecule has 0 atom stereocenters. The van der Waals surface area contributed by atoms with E-state index in [0.29, 0.717) is 11.2 Å². The quantitative estimate of drug-likeness (QED) is 0.759. The zero-order chi connectivity index (χ0) is 17.3. The predicted octanol–water partition coefficient (Wildman–Crippen LogP) is 3.04. The van der Waals surface area contributed by atoms with Gasteiger partial charge in [-0.2, -0.15) is 0 Å². The summed E-state index contributed by atoms with van der Waals surface area (Å²) in [7, 11) is -3.84. The number of pyridine rings is 1. The molecule has 3 aromatic rings. The topological polar surface area (TPSA) is 96.4 Å². The Morgan fingerprint density at radius 3 is 2.42 bits per heavy atom. The fraction of sp³-hybridized carbons (Fsp3) is 0.0588. The summed E-state index contributed by atoms with van der Waals surface area (Å²) in [5, 5.41) is 9.71. The van der Waals surface area contributed by atoms with Crippen molar-refractivity contribution in [3.8, 4) is 0 Å². The molecule has 122 valence electrons. The van der Waals surface area contributed by atoms with Gasteiger partial charge >= 0.3 is 5.97 Å². The predicted molar refractivity (Wildman–Crippen MR) is 90.7 cm³/mol. The van der Waals surface area contributed by atoms with Crippen molar-refractivity contribution in [2.24, 2.45) is 0 Å². The molecule has 6 nitrogen and oxygen atoms in total. The number of hydrogen-bond acceptors (Lipinski definition) is 4. The molecule has 2 aromatic carbocycles. The van der Waals surface area contributed by atoms with E-state index in [9.17, 15) is 13.2 Å². The van der Waals surface area contributed by atoms with Crippen LogP contribution in [0.5, 0.6) is 0 Å². The van der Waals surface area contributed by atoms with Gasteiger partial charge in [0.25, 0.3) is 10.0 Å². The monoisotopic (exact) mass is 342 g/mol. The molecule has 0 radical (unpaired) electrons. The number of benzene rings is 2. The van der Waals surface area contributed by atoms with E-state index in [1.165, 1.54) is 24.3 Å². The van der Waals surface area contributed by atoms with Gasteiger partial charge in [0, 0.05) is 11.1 Å². The van der Waals surface area contributed by atoms with Crippen LogP contribution in [0.2, 0.25) is 0 Å². The highest BCUT2D eigenvalue weighted by atomic mass is 32.2. The molecule has 3 rings (SSSR count). The van der Waals surface area contributed by atoms with Crippen LogP contribution < -0.4 is 4.72 Å². The maximum atomic E-state index is 12.5. The second-order valence-electron chi connectivity index (χ2n) is 5.26. The van der Waals surface area contributed by atoms with E-state index in [-0.39, 0.29) is 10.5 Å². The van der Waals surface area contributed by atoms with Crippen LogP contribution in [-0.4, -0.2) is 24.5 Å². The number of fused-ring (bicyclic) bond motifs is 1. The third-order valence-electron chi connectivity index (χ3n) is 3.52. The Morgan fingerprint density at radius 1 is 1.04 bits per heavy atom. The average Bonchev–Trinajstić information content (AvgIpc) is 2.55. The largest absolute Gasteiger partial charge is 0.478 e. The Kier molecular flexibility index (Phi) is 3.94. The molecular weight excluding hydrogens is 328 g/mol. The zero-order valence-corrected chi connectivity index (χ0v) is 13.5. The molecule has 0 saturated carbocycles. The van der Waals surface area contributed by atoms with E-state index in [0.717, 1.165) is 11.1 Å². The second-order valence-corrected chi connectivity index (χ2v) is 6.95. The lowest BCUT2D eigenvalue weighted by Gasteiger charge is -2.11. The van der Waals surface area contributed by atoms with Crippen LogP contribution in [0.25, 0.3) is 10.9 Å². The highest BCUT2D eigenvalue weighted by Gasteiger charge is 2.16. The third-order valence-corrected chi connectivity index (χ3v) is 4.90. The number of aryl methyl sites for hydroxylation is 1. The molecule has 2 N–H and O–H groups in total. The molecule has 0 amide bonds. The van der Waals surface area contributed by atoms with Gasteiger partial charge in [0.15, 0.2) is 0 Å². The number of carboxylic acids is 1. The lowest BCUT2D eigenvalue weighted by Crippen LogP contribution is -2.13. The molecule has 0 unspecified atom stereocenters. The van der Waals surface area contributed by atoms with Gasteiger partial charge in [-0.25, -0.2) is 13.2 Å². The molecule has 0 aliphatic heterocycles. The van der Waals surface area contributed by atoms with Crippen LogP contribution in [0.4, 0.5) is 5.69 Å². The highest BCUT2D eigenvalue weighted by Crippen LogP contribution is 2.24. The van der Waals surface area contributed by atoms with Crippen molar-refractivity contribution in [3.05, 3.63) is 65.9 Å². The van der Waals surface area contributed by atoms with Crippen LogP contribution in [0.3, 0.4) is 0 Å². The first kappa shape index (κ1) is 15.9. The molecule has 0 saturated heterocycles. The Labute approximate surface area is 138 Å². The molecule has 0 fully saturated rings. The fourth-order valence-electron chi connectivity index (χ4n) is 2.31. The standard InChI is InChI=1S/C17H14N2O4S/c1-11-5-6-12-3-2-4-15(16(12)18-11)19-24(22,23)14-9-7-13(8-10-14)17(20)21/h2-10,19H,1H3,(H,20,21). The van der Waals surface area contributed by atoms with Crippen molar-refractivity contribution in [2.75, 3.05) is 4.72 Å². The summed E-state index contributed by atoms with van der Waals surface area (Å²) >= 11 is 0. The van der Waals surface area contributed by atoms with Gasteiger partial charge in [-0.05, 0) is 43.3 Å². The number of hydrogen-bond donors (Lipinski definition) is 2. The first-order valence-electron chi connectivity index (χ1n) is 7.09.